The van der Waals surface area contributed by atoms with Crippen molar-refractivity contribution in [2.75, 3.05) is 0 Å². The Kier molecular flexibility index (Phi) is 9.53. The molecule has 4 heterocycles. The maximum atomic E-state index is 6.62. The summed E-state index contributed by atoms with van der Waals surface area (Å²) in [5.41, 5.74) is 10.6. The molecule has 7 heteroatoms. The van der Waals surface area contributed by atoms with Gasteiger partial charge in [-0.15, -0.1) is 54.1 Å². The number of imidazole rings is 1. The summed E-state index contributed by atoms with van der Waals surface area (Å²) < 4.78 is 8.82. The smallest absolute Gasteiger partial charge is 0.128 e. The maximum absolute atomic E-state index is 6.62. The summed E-state index contributed by atoms with van der Waals surface area (Å²) in [6, 6.07) is 45.9. The predicted octanol–water partition coefficient (Wildman–Crippen LogP) is 11.0. The standard InChI is InChI=1S/C31H22N3O.C14H16NSi.Ir/c1-18-19(2)32-20(3)28-27(18)33-31(34(28)22-11-5-4-6-12-22)26-15-9-14-24-25-17-16-21-10-7-8-13-23(21)29(25)35-30(24)26;1-16(2,3)13-9-10-14(15-11-13)12-7-5-4-6-8-12;/h4-14,16-17H,1-3H3;4-7,9-11H,1-3H3;/q2*-1;. The van der Waals surface area contributed by atoms with Gasteiger partial charge in [-0.05, 0) is 54.7 Å². The van der Waals surface area contributed by atoms with Crippen molar-refractivity contribution in [3.8, 4) is 28.3 Å². The van der Waals surface area contributed by atoms with Gasteiger partial charge >= 0.3 is 0 Å². The number of furan rings is 1. The first-order chi connectivity index (χ1) is 24.7. The summed E-state index contributed by atoms with van der Waals surface area (Å²) in [6.07, 6.45) is 2.02. The molecule has 9 aromatic rings. The monoisotopic (exact) mass is 871 g/mol. The molecular weight excluding hydrogens is 833 g/mol. The van der Waals surface area contributed by atoms with Gasteiger partial charge in [0.25, 0.3) is 0 Å². The van der Waals surface area contributed by atoms with E-state index in [4.69, 9.17) is 14.4 Å². The van der Waals surface area contributed by atoms with E-state index >= 15 is 0 Å². The van der Waals surface area contributed by atoms with Crippen LogP contribution in [0.5, 0.6) is 0 Å². The Morgan fingerprint density at radius 2 is 1.40 bits per heavy atom. The molecule has 0 atom stereocenters. The number of fused-ring (bicyclic) bond motifs is 6. The van der Waals surface area contributed by atoms with Crippen LogP contribution in [-0.4, -0.2) is 27.6 Å². The Morgan fingerprint density at radius 1 is 0.654 bits per heavy atom. The van der Waals surface area contributed by atoms with Crippen LogP contribution in [0.3, 0.4) is 0 Å². The van der Waals surface area contributed by atoms with Crippen molar-refractivity contribution in [2.24, 2.45) is 0 Å². The van der Waals surface area contributed by atoms with Gasteiger partial charge in [-0.2, -0.15) is 0 Å². The third-order valence-corrected chi connectivity index (χ3v) is 11.7. The van der Waals surface area contributed by atoms with Crippen molar-refractivity contribution in [3.63, 3.8) is 0 Å². The molecule has 0 aliphatic rings. The van der Waals surface area contributed by atoms with Crippen molar-refractivity contribution < 1.29 is 24.5 Å². The summed E-state index contributed by atoms with van der Waals surface area (Å²) in [5.74, 6) is 0.804. The van der Waals surface area contributed by atoms with E-state index in [2.05, 4.69) is 122 Å². The van der Waals surface area contributed by atoms with E-state index < -0.39 is 8.07 Å². The van der Waals surface area contributed by atoms with Gasteiger partial charge in [0.2, 0.25) is 0 Å². The normalized spacial score (nSPS) is 11.5. The Bertz CT molecular complexity index is 2690. The van der Waals surface area contributed by atoms with Gasteiger partial charge < -0.3 is 14.0 Å². The van der Waals surface area contributed by atoms with Crippen molar-refractivity contribution in [1.82, 2.24) is 19.5 Å². The molecule has 9 rings (SSSR count). The minimum absolute atomic E-state index is 0. The van der Waals surface area contributed by atoms with Crippen LogP contribution >= 0.6 is 0 Å². The van der Waals surface area contributed by atoms with Gasteiger partial charge in [0.15, 0.2) is 0 Å². The van der Waals surface area contributed by atoms with E-state index in [0.717, 1.165) is 89.0 Å². The van der Waals surface area contributed by atoms with Crippen molar-refractivity contribution in [2.45, 2.75) is 40.4 Å². The molecule has 0 saturated carbocycles. The topological polar surface area (TPSA) is 56.7 Å². The predicted molar refractivity (Wildman–Crippen MR) is 214 cm³/mol. The number of hydrogen-bond donors (Lipinski definition) is 0. The number of nitrogens with zero attached hydrogens (tertiary/aromatic N) is 4. The molecule has 0 saturated heterocycles. The van der Waals surface area contributed by atoms with E-state index in [0.29, 0.717) is 0 Å². The molecule has 0 fully saturated rings. The first-order valence-electron chi connectivity index (χ1n) is 17.3. The molecule has 0 spiro atoms. The zero-order valence-corrected chi connectivity index (χ0v) is 33.5. The van der Waals surface area contributed by atoms with Crippen LogP contribution in [0.4, 0.5) is 0 Å². The number of aromatic nitrogens is 4. The molecule has 0 aliphatic heterocycles. The van der Waals surface area contributed by atoms with E-state index in [-0.39, 0.29) is 20.1 Å². The fourth-order valence-corrected chi connectivity index (χ4v) is 7.79. The maximum Gasteiger partial charge on any atom is 0.128 e. The van der Waals surface area contributed by atoms with Crippen molar-refractivity contribution >= 4 is 57.0 Å². The van der Waals surface area contributed by atoms with Crippen LogP contribution < -0.4 is 5.19 Å². The zero-order chi connectivity index (χ0) is 35.3. The molecule has 0 aliphatic carbocycles. The Morgan fingerprint density at radius 3 is 2.13 bits per heavy atom. The molecule has 0 N–H and O–H groups in total. The first-order valence-corrected chi connectivity index (χ1v) is 20.8. The fourth-order valence-electron chi connectivity index (χ4n) is 6.76. The number of benzene rings is 5. The molecule has 1 radical (unpaired) electrons. The van der Waals surface area contributed by atoms with Gasteiger partial charge in [-0.1, -0.05) is 97.3 Å². The molecular formula is C45H38IrN4OSi-2. The molecule has 259 valence electrons. The van der Waals surface area contributed by atoms with Gasteiger partial charge in [0, 0.05) is 48.5 Å². The minimum Gasteiger partial charge on any atom is -0.500 e. The molecule has 0 unspecified atom stereocenters. The summed E-state index contributed by atoms with van der Waals surface area (Å²) in [4.78, 5) is 14.5. The van der Waals surface area contributed by atoms with Gasteiger partial charge in [0.1, 0.15) is 5.58 Å². The second-order valence-electron chi connectivity index (χ2n) is 14.0. The SMILES string of the molecule is C[Si](C)(C)c1ccc(-c2[c-]cccc2)nc1.Cc1nc(C)c2c(nc(-c3[c-]ccc4c3oc3c5ccccc5ccc43)n2-c2ccccc2)c1C.[Ir]. The van der Waals surface area contributed by atoms with Crippen molar-refractivity contribution in [1.29, 1.82) is 0 Å². The third kappa shape index (κ3) is 6.30. The summed E-state index contributed by atoms with van der Waals surface area (Å²) in [5, 5.41) is 5.83. The molecule has 5 aromatic carbocycles. The molecule has 52 heavy (non-hydrogen) atoms. The minimum atomic E-state index is -1.23. The van der Waals surface area contributed by atoms with Crippen LogP contribution in [0.2, 0.25) is 19.6 Å². The number of pyridine rings is 2. The number of hydrogen-bond acceptors (Lipinski definition) is 4. The summed E-state index contributed by atoms with van der Waals surface area (Å²) in [7, 11) is -1.23. The first kappa shape index (κ1) is 35.2. The Balaban J connectivity index is 0.000000209. The van der Waals surface area contributed by atoms with Gasteiger partial charge in [-0.25, -0.2) is 0 Å². The quantitative estimate of drug-likeness (QED) is 0.131. The van der Waals surface area contributed by atoms with E-state index in [1.54, 1.807) is 0 Å². The van der Waals surface area contributed by atoms with Crippen LogP contribution in [0.1, 0.15) is 17.0 Å². The second-order valence-corrected chi connectivity index (χ2v) is 19.1. The average Bonchev–Trinajstić information content (AvgIpc) is 3.75. The van der Waals surface area contributed by atoms with E-state index in [1.165, 1.54) is 5.19 Å². The summed E-state index contributed by atoms with van der Waals surface area (Å²) in [6.45, 7) is 13.2. The van der Waals surface area contributed by atoms with E-state index in [9.17, 15) is 0 Å². The van der Waals surface area contributed by atoms with Crippen molar-refractivity contribution in [3.05, 3.63) is 151 Å². The number of rotatable bonds is 4. The Labute approximate surface area is 318 Å². The zero-order valence-electron chi connectivity index (χ0n) is 30.1. The summed E-state index contributed by atoms with van der Waals surface area (Å²) >= 11 is 0. The fraction of sp³-hybridized carbons (Fsp3) is 0.133. The van der Waals surface area contributed by atoms with Crippen LogP contribution in [-0.2, 0) is 20.1 Å². The Hall–Kier alpha value is -5.20. The van der Waals surface area contributed by atoms with E-state index in [1.807, 2.05) is 61.7 Å². The van der Waals surface area contributed by atoms with Gasteiger partial charge in [0.05, 0.1) is 36.2 Å². The van der Waals surface area contributed by atoms with Crippen LogP contribution in [0.25, 0.3) is 72.1 Å². The largest absolute Gasteiger partial charge is 0.500 e. The van der Waals surface area contributed by atoms with Crippen LogP contribution in [0, 0.1) is 32.9 Å². The van der Waals surface area contributed by atoms with Crippen LogP contribution in [0.15, 0.2) is 126 Å². The third-order valence-electron chi connectivity index (χ3n) is 9.63. The van der Waals surface area contributed by atoms with Gasteiger partial charge in [-0.3, -0.25) is 9.97 Å². The number of para-hydroxylation sites is 1. The second kappa shape index (κ2) is 14.1. The molecule has 5 nitrogen and oxygen atoms in total. The molecule has 0 amide bonds. The number of aryl methyl sites for hydroxylation is 3. The molecule has 0 bridgehead atoms. The average molecular weight is 871 g/mol. The molecule has 4 aromatic heterocycles.